The van der Waals surface area contributed by atoms with E-state index in [0.717, 1.165) is 11.4 Å². The average Bonchev–Trinajstić information content (AvgIpc) is 3.44. The van der Waals surface area contributed by atoms with Gasteiger partial charge in [-0.25, -0.2) is 0 Å². The number of aromatic nitrogens is 10. The van der Waals surface area contributed by atoms with Gasteiger partial charge in [-0.1, -0.05) is 46.6 Å². The van der Waals surface area contributed by atoms with Gasteiger partial charge in [0.25, 0.3) is 11.9 Å². The topological polar surface area (TPSA) is 163 Å². The molecule has 3 aromatic heterocycles. The van der Waals surface area contributed by atoms with Gasteiger partial charge in [-0.3, -0.25) is 0 Å². The molecule has 5 rings (SSSR count). The van der Waals surface area contributed by atoms with Crippen LogP contribution in [0.4, 0.5) is 29.5 Å². The van der Waals surface area contributed by atoms with E-state index in [-0.39, 0.29) is 5.95 Å². The van der Waals surface area contributed by atoms with Crippen LogP contribution in [0.1, 0.15) is 0 Å². The Morgan fingerprint density at radius 1 is 0.645 bits per heavy atom. The van der Waals surface area contributed by atoms with Gasteiger partial charge in [-0.15, -0.1) is 0 Å². The highest BCUT2D eigenvalue weighted by molar-refractivity contribution is 5.60. The molecule has 152 valence electrons. The summed E-state index contributed by atoms with van der Waals surface area (Å²) in [6.45, 7) is 0. The number of nitrogen functional groups attached to an aromatic ring is 1. The Balaban J connectivity index is 1.42. The summed E-state index contributed by atoms with van der Waals surface area (Å²) >= 11 is 0. The van der Waals surface area contributed by atoms with Crippen molar-refractivity contribution in [3.63, 3.8) is 0 Å². The van der Waals surface area contributed by atoms with E-state index in [0.29, 0.717) is 23.5 Å². The van der Waals surface area contributed by atoms with Crippen molar-refractivity contribution in [1.82, 2.24) is 50.4 Å². The Morgan fingerprint density at radius 2 is 1.10 bits per heavy atom. The molecule has 0 saturated heterocycles. The lowest BCUT2D eigenvalue weighted by Gasteiger charge is -2.10. The van der Waals surface area contributed by atoms with Crippen LogP contribution in [0.2, 0.25) is 0 Å². The number of para-hydroxylation sites is 2. The first-order valence-corrected chi connectivity index (χ1v) is 9.12. The minimum atomic E-state index is 0.0463. The standard InChI is InChI=1S/C18H15N13/c19-16-20-14(22-17-24-26-28-30(17)12-7-3-1-4-8-12)11-15(21-16)23-18-25-27-29-31(18)13-9-5-2-6-10-13/h1-11H,(H4,19,20,21,22,23,24,25,28,29). The van der Waals surface area contributed by atoms with Crippen molar-refractivity contribution in [1.29, 1.82) is 0 Å². The number of nitrogens with one attached hydrogen (secondary N) is 2. The molecule has 0 aliphatic rings. The first kappa shape index (κ1) is 18.1. The number of hydrogen-bond donors (Lipinski definition) is 3. The molecule has 0 atom stereocenters. The van der Waals surface area contributed by atoms with E-state index in [1.54, 1.807) is 15.4 Å². The third-order valence-electron chi connectivity index (χ3n) is 4.16. The molecular weight excluding hydrogens is 398 g/mol. The molecule has 0 fully saturated rings. The largest absolute Gasteiger partial charge is 0.368 e. The Morgan fingerprint density at radius 3 is 1.55 bits per heavy atom. The Bertz CT molecular complexity index is 1200. The third kappa shape index (κ3) is 3.82. The molecular formula is C18H15N13. The zero-order chi connectivity index (χ0) is 21.0. The average molecular weight is 413 g/mol. The summed E-state index contributed by atoms with van der Waals surface area (Å²) in [5, 5.41) is 29.6. The van der Waals surface area contributed by atoms with E-state index in [9.17, 15) is 0 Å². The molecule has 3 heterocycles. The van der Waals surface area contributed by atoms with Crippen LogP contribution in [0.3, 0.4) is 0 Å². The highest BCUT2D eigenvalue weighted by Gasteiger charge is 2.13. The summed E-state index contributed by atoms with van der Waals surface area (Å²) in [6, 6.07) is 20.6. The smallest absolute Gasteiger partial charge is 0.253 e. The molecule has 0 unspecified atom stereocenters. The zero-order valence-electron chi connectivity index (χ0n) is 15.9. The molecule has 0 aliphatic carbocycles. The van der Waals surface area contributed by atoms with E-state index in [2.05, 4.69) is 51.7 Å². The fourth-order valence-corrected chi connectivity index (χ4v) is 2.84. The molecule has 0 spiro atoms. The maximum Gasteiger partial charge on any atom is 0.253 e. The SMILES string of the molecule is Nc1nc(Nc2nnnn2-c2ccccc2)cc(Nc2nnnn2-c2ccccc2)n1. The van der Waals surface area contributed by atoms with Gasteiger partial charge in [0.2, 0.25) is 5.95 Å². The van der Waals surface area contributed by atoms with Crippen LogP contribution in [0, 0.1) is 0 Å². The summed E-state index contributed by atoms with van der Waals surface area (Å²) in [7, 11) is 0. The van der Waals surface area contributed by atoms with Crippen molar-refractivity contribution in [3.8, 4) is 11.4 Å². The molecule has 0 amide bonds. The highest BCUT2D eigenvalue weighted by atomic mass is 15.6. The Kier molecular flexibility index (Phi) is 4.57. The molecule has 4 N–H and O–H groups in total. The number of tetrazole rings is 2. The number of hydrogen-bond acceptors (Lipinski definition) is 11. The fourth-order valence-electron chi connectivity index (χ4n) is 2.84. The van der Waals surface area contributed by atoms with E-state index in [1.165, 1.54) is 0 Å². The second-order valence-corrected chi connectivity index (χ2v) is 6.25. The van der Waals surface area contributed by atoms with Gasteiger partial charge in [0.15, 0.2) is 0 Å². The molecule has 0 radical (unpaired) electrons. The van der Waals surface area contributed by atoms with Gasteiger partial charge in [-0.2, -0.15) is 19.3 Å². The van der Waals surface area contributed by atoms with Crippen molar-refractivity contribution in [2.45, 2.75) is 0 Å². The van der Waals surface area contributed by atoms with Crippen LogP contribution in [-0.4, -0.2) is 50.4 Å². The van der Waals surface area contributed by atoms with Gasteiger partial charge in [-0.05, 0) is 45.1 Å². The summed E-state index contributed by atoms with van der Waals surface area (Å²) in [5.74, 6) is 1.56. The van der Waals surface area contributed by atoms with Crippen LogP contribution in [0.25, 0.3) is 11.4 Å². The predicted molar refractivity (Wildman–Crippen MR) is 111 cm³/mol. The highest BCUT2D eigenvalue weighted by Crippen LogP contribution is 2.21. The normalized spacial score (nSPS) is 10.7. The van der Waals surface area contributed by atoms with Crippen LogP contribution in [-0.2, 0) is 0 Å². The lowest BCUT2D eigenvalue weighted by atomic mass is 10.3. The number of benzene rings is 2. The summed E-state index contributed by atoms with van der Waals surface area (Å²) in [5.41, 5.74) is 7.48. The van der Waals surface area contributed by atoms with Crippen molar-refractivity contribution < 1.29 is 0 Å². The van der Waals surface area contributed by atoms with Gasteiger partial charge < -0.3 is 16.4 Å². The number of anilines is 5. The lowest BCUT2D eigenvalue weighted by Crippen LogP contribution is -2.09. The lowest BCUT2D eigenvalue weighted by molar-refractivity contribution is 0.791. The maximum absolute atomic E-state index is 5.90. The summed E-state index contributed by atoms with van der Waals surface area (Å²) in [4.78, 5) is 8.40. The van der Waals surface area contributed by atoms with Crippen LogP contribution in [0.5, 0.6) is 0 Å². The number of rotatable bonds is 6. The van der Waals surface area contributed by atoms with Crippen LogP contribution >= 0.6 is 0 Å². The zero-order valence-corrected chi connectivity index (χ0v) is 15.9. The predicted octanol–water partition coefficient (Wildman–Crippen LogP) is 1.50. The van der Waals surface area contributed by atoms with Crippen molar-refractivity contribution >= 4 is 29.5 Å². The Hall–Kier alpha value is -4.94. The molecule has 31 heavy (non-hydrogen) atoms. The molecule has 0 aliphatic heterocycles. The minimum absolute atomic E-state index is 0.0463. The summed E-state index contributed by atoms with van der Waals surface area (Å²) < 4.78 is 3.09. The van der Waals surface area contributed by atoms with Gasteiger partial charge >= 0.3 is 0 Å². The second kappa shape index (κ2) is 7.82. The third-order valence-corrected chi connectivity index (χ3v) is 4.16. The van der Waals surface area contributed by atoms with Crippen LogP contribution in [0.15, 0.2) is 66.7 Å². The van der Waals surface area contributed by atoms with E-state index in [4.69, 9.17) is 5.73 Å². The first-order chi connectivity index (χ1) is 15.3. The first-order valence-electron chi connectivity index (χ1n) is 9.12. The van der Waals surface area contributed by atoms with Gasteiger partial charge in [0.05, 0.1) is 11.4 Å². The molecule has 0 saturated carbocycles. The fraction of sp³-hybridized carbons (Fsp3) is 0. The maximum atomic E-state index is 5.90. The molecule has 13 heteroatoms. The van der Waals surface area contributed by atoms with E-state index in [1.807, 2.05) is 60.7 Å². The second-order valence-electron chi connectivity index (χ2n) is 6.25. The van der Waals surface area contributed by atoms with Gasteiger partial charge in [0, 0.05) is 6.07 Å². The van der Waals surface area contributed by atoms with Crippen molar-refractivity contribution in [3.05, 3.63) is 66.7 Å². The molecule has 2 aromatic carbocycles. The quantitative estimate of drug-likeness (QED) is 0.369. The monoisotopic (exact) mass is 413 g/mol. The van der Waals surface area contributed by atoms with E-state index >= 15 is 0 Å². The molecule has 13 nitrogen and oxygen atoms in total. The molecule has 0 bridgehead atoms. The van der Waals surface area contributed by atoms with Gasteiger partial charge in [0.1, 0.15) is 11.6 Å². The number of nitrogens with two attached hydrogens (primary N) is 1. The molecule has 5 aromatic rings. The summed E-state index contributed by atoms with van der Waals surface area (Å²) in [6.07, 6.45) is 0. The minimum Gasteiger partial charge on any atom is -0.368 e. The van der Waals surface area contributed by atoms with Crippen molar-refractivity contribution in [2.24, 2.45) is 0 Å². The van der Waals surface area contributed by atoms with Crippen LogP contribution < -0.4 is 16.4 Å². The Labute approximate surface area is 175 Å². The number of nitrogens with zero attached hydrogens (tertiary/aromatic N) is 10. The van der Waals surface area contributed by atoms with Crippen molar-refractivity contribution in [2.75, 3.05) is 16.4 Å². The van der Waals surface area contributed by atoms with E-state index < -0.39 is 0 Å².